The van der Waals surface area contributed by atoms with E-state index in [4.69, 9.17) is 4.74 Å². The second-order valence-corrected chi connectivity index (χ2v) is 5.42. The van der Waals surface area contributed by atoms with E-state index in [9.17, 15) is 4.79 Å². The molecule has 1 aliphatic rings. The molecule has 0 bridgehead atoms. The molecule has 0 aliphatic carbocycles. The number of fused-ring (bicyclic) bond motifs is 1. The maximum Gasteiger partial charge on any atom is 0.260 e. The van der Waals surface area contributed by atoms with Crippen molar-refractivity contribution >= 4 is 5.91 Å². The van der Waals surface area contributed by atoms with E-state index < -0.39 is 0 Å². The van der Waals surface area contributed by atoms with Gasteiger partial charge in [-0.3, -0.25) is 4.79 Å². The van der Waals surface area contributed by atoms with Gasteiger partial charge in [0.1, 0.15) is 11.6 Å². The summed E-state index contributed by atoms with van der Waals surface area (Å²) in [7, 11) is 0. The molecule has 0 unspecified atom stereocenters. The van der Waals surface area contributed by atoms with E-state index in [-0.39, 0.29) is 12.5 Å². The summed E-state index contributed by atoms with van der Waals surface area (Å²) in [5.74, 6) is 2.44. The molecule has 0 saturated heterocycles. The van der Waals surface area contributed by atoms with Crippen LogP contribution in [-0.2, 0) is 24.3 Å². The smallest absolute Gasteiger partial charge is 0.260 e. The minimum atomic E-state index is -0.0218. The summed E-state index contributed by atoms with van der Waals surface area (Å²) in [6.07, 6.45) is 0.993. The van der Waals surface area contributed by atoms with Gasteiger partial charge < -0.3 is 14.2 Å². The Morgan fingerprint density at radius 3 is 2.73 bits per heavy atom. The zero-order valence-corrected chi connectivity index (χ0v) is 13.0. The Kier molecular flexibility index (Phi) is 4.09. The van der Waals surface area contributed by atoms with Gasteiger partial charge in [0.05, 0.1) is 6.54 Å². The van der Waals surface area contributed by atoms with Crippen LogP contribution < -0.4 is 4.74 Å². The molecule has 0 radical (unpaired) electrons. The molecule has 2 aromatic rings. The summed E-state index contributed by atoms with van der Waals surface area (Å²) < 4.78 is 7.63. The van der Waals surface area contributed by atoms with E-state index in [2.05, 4.69) is 17.1 Å². The van der Waals surface area contributed by atoms with Gasteiger partial charge in [0.15, 0.2) is 12.4 Å². The summed E-state index contributed by atoms with van der Waals surface area (Å²) >= 11 is 0. The Morgan fingerprint density at radius 1 is 1.23 bits per heavy atom. The number of rotatable bonds is 4. The number of carbonyl (C=O) groups excluding carboxylic acids is 1. The van der Waals surface area contributed by atoms with E-state index in [0.29, 0.717) is 13.1 Å². The Bertz CT molecular complexity index is 663. The monoisotopic (exact) mass is 300 g/mol. The fourth-order valence-electron chi connectivity index (χ4n) is 2.57. The number of amides is 1. The first-order valence-corrected chi connectivity index (χ1v) is 7.55. The van der Waals surface area contributed by atoms with Crippen molar-refractivity contribution in [1.29, 1.82) is 0 Å². The summed E-state index contributed by atoms with van der Waals surface area (Å²) in [6.45, 7) is 6.00. The quantitative estimate of drug-likeness (QED) is 0.860. The Hall–Kier alpha value is -2.37. The van der Waals surface area contributed by atoms with E-state index >= 15 is 0 Å². The standard InChI is InChI=1S/C16H20N4O2/c1-3-13-4-6-14(7-5-13)22-11-16(21)19-8-9-20-12(2)17-18-15(20)10-19/h4-7H,3,8-11H2,1-2H3. The van der Waals surface area contributed by atoms with Crippen LogP contribution >= 0.6 is 0 Å². The van der Waals surface area contributed by atoms with Crippen LogP contribution in [0.4, 0.5) is 0 Å². The molecule has 3 rings (SSSR count). The van der Waals surface area contributed by atoms with Crippen LogP contribution in [-0.4, -0.2) is 38.7 Å². The maximum absolute atomic E-state index is 12.3. The van der Waals surface area contributed by atoms with Crippen LogP contribution in [0.2, 0.25) is 0 Å². The van der Waals surface area contributed by atoms with Gasteiger partial charge >= 0.3 is 0 Å². The van der Waals surface area contributed by atoms with Crippen LogP contribution in [0.15, 0.2) is 24.3 Å². The van der Waals surface area contributed by atoms with Gasteiger partial charge in [-0.2, -0.15) is 0 Å². The van der Waals surface area contributed by atoms with Crippen molar-refractivity contribution in [3.8, 4) is 5.75 Å². The van der Waals surface area contributed by atoms with Gasteiger partial charge in [-0.1, -0.05) is 19.1 Å². The van der Waals surface area contributed by atoms with Crippen LogP contribution in [0, 0.1) is 6.92 Å². The van der Waals surface area contributed by atoms with Crippen molar-refractivity contribution in [2.24, 2.45) is 0 Å². The first kappa shape index (κ1) is 14.6. The van der Waals surface area contributed by atoms with Crippen molar-refractivity contribution < 1.29 is 9.53 Å². The molecular weight excluding hydrogens is 280 g/mol. The highest BCUT2D eigenvalue weighted by Gasteiger charge is 2.23. The average Bonchev–Trinajstić information content (AvgIpc) is 2.93. The van der Waals surface area contributed by atoms with Crippen molar-refractivity contribution in [1.82, 2.24) is 19.7 Å². The number of nitrogens with zero attached hydrogens (tertiary/aromatic N) is 4. The topological polar surface area (TPSA) is 60.2 Å². The third kappa shape index (κ3) is 2.95. The van der Waals surface area contributed by atoms with Crippen LogP contribution in [0.3, 0.4) is 0 Å². The fourth-order valence-corrected chi connectivity index (χ4v) is 2.57. The zero-order valence-electron chi connectivity index (χ0n) is 13.0. The highest BCUT2D eigenvalue weighted by molar-refractivity contribution is 5.77. The minimum Gasteiger partial charge on any atom is -0.484 e. The Morgan fingerprint density at radius 2 is 2.00 bits per heavy atom. The zero-order chi connectivity index (χ0) is 15.5. The third-order valence-electron chi connectivity index (χ3n) is 3.98. The molecule has 116 valence electrons. The molecular formula is C16H20N4O2. The second-order valence-electron chi connectivity index (χ2n) is 5.42. The number of hydrogen-bond donors (Lipinski definition) is 0. The van der Waals surface area contributed by atoms with Gasteiger partial charge in [-0.05, 0) is 31.0 Å². The lowest BCUT2D eigenvalue weighted by molar-refractivity contribution is -0.134. The SMILES string of the molecule is CCc1ccc(OCC(=O)N2CCn3c(C)nnc3C2)cc1. The third-order valence-corrected chi connectivity index (χ3v) is 3.98. The van der Waals surface area contributed by atoms with E-state index in [1.165, 1.54) is 5.56 Å². The van der Waals surface area contributed by atoms with Crippen molar-refractivity contribution in [2.45, 2.75) is 33.4 Å². The average molecular weight is 300 g/mol. The molecule has 0 atom stereocenters. The maximum atomic E-state index is 12.3. The van der Waals surface area contributed by atoms with Gasteiger partial charge in [-0.25, -0.2) is 0 Å². The highest BCUT2D eigenvalue weighted by atomic mass is 16.5. The molecule has 0 spiro atoms. The lowest BCUT2D eigenvalue weighted by Crippen LogP contribution is -2.41. The molecule has 6 nitrogen and oxygen atoms in total. The number of carbonyl (C=O) groups is 1. The van der Waals surface area contributed by atoms with Crippen molar-refractivity contribution in [2.75, 3.05) is 13.2 Å². The lowest BCUT2D eigenvalue weighted by atomic mass is 10.2. The number of aryl methyl sites for hydroxylation is 2. The predicted octanol–water partition coefficient (Wildman–Crippen LogP) is 1.57. The molecule has 1 aromatic heterocycles. The van der Waals surface area contributed by atoms with Crippen LogP contribution in [0.25, 0.3) is 0 Å². The lowest BCUT2D eigenvalue weighted by Gasteiger charge is -2.27. The second kappa shape index (κ2) is 6.17. The van der Waals surface area contributed by atoms with Gasteiger partial charge in [0.2, 0.25) is 0 Å². The molecule has 0 saturated carbocycles. The molecule has 1 amide bonds. The molecule has 2 heterocycles. The van der Waals surface area contributed by atoms with Gasteiger partial charge in [0, 0.05) is 13.1 Å². The molecule has 1 aromatic carbocycles. The first-order valence-electron chi connectivity index (χ1n) is 7.55. The largest absolute Gasteiger partial charge is 0.484 e. The van der Waals surface area contributed by atoms with E-state index in [1.807, 2.05) is 35.8 Å². The summed E-state index contributed by atoms with van der Waals surface area (Å²) in [5.41, 5.74) is 1.25. The first-order chi connectivity index (χ1) is 10.7. The molecule has 0 N–H and O–H groups in total. The van der Waals surface area contributed by atoms with Crippen molar-refractivity contribution in [3.63, 3.8) is 0 Å². The van der Waals surface area contributed by atoms with Gasteiger partial charge in [0.25, 0.3) is 5.91 Å². The van der Waals surface area contributed by atoms with Gasteiger partial charge in [-0.15, -0.1) is 10.2 Å². The van der Waals surface area contributed by atoms with Crippen LogP contribution in [0.5, 0.6) is 5.75 Å². The normalized spacial score (nSPS) is 13.8. The number of hydrogen-bond acceptors (Lipinski definition) is 4. The Balaban J connectivity index is 1.56. The minimum absolute atomic E-state index is 0.0218. The van der Waals surface area contributed by atoms with E-state index in [0.717, 1.165) is 30.4 Å². The summed E-state index contributed by atoms with van der Waals surface area (Å²) in [6, 6.07) is 7.85. The fraction of sp³-hybridized carbons (Fsp3) is 0.438. The summed E-state index contributed by atoms with van der Waals surface area (Å²) in [4.78, 5) is 14.0. The number of ether oxygens (including phenoxy) is 1. The van der Waals surface area contributed by atoms with E-state index in [1.54, 1.807) is 4.90 Å². The van der Waals surface area contributed by atoms with Crippen molar-refractivity contribution in [3.05, 3.63) is 41.5 Å². The number of benzene rings is 1. The predicted molar refractivity (Wildman–Crippen MR) is 81.5 cm³/mol. The molecule has 22 heavy (non-hydrogen) atoms. The molecule has 6 heteroatoms. The highest BCUT2D eigenvalue weighted by Crippen LogP contribution is 2.14. The Labute approximate surface area is 129 Å². The summed E-state index contributed by atoms with van der Waals surface area (Å²) in [5, 5.41) is 8.15. The number of aromatic nitrogens is 3. The molecule has 1 aliphatic heterocycles. The molecule has 0 fully saturated rings. The van der Waals surface area contributed by atoms with Crippen LogP contribution in [0.1, 0.15) is 24.1 Å².